The molecule has 0 aliphatic rings. The monoisotopic (exact) mass is 487 g/mol. The van der Waals surface area contributed by atoms with Crippen molar-refractivity contribution >= 4 is 23.2 Å². The molecule has 5 nitrogen and oxygen atoms in total. The third kappa shape index (κ3) is 6.55. The summed E-state index contributed by atoms with van der Waals surface area (Å²) in [5.41, 5.74) is 3.96. The fourth-order valence-corrected chi connectivity index (χ4v) is 3.60. The number of amides is 1. The summed E-state index contributed by atoms with van der Waals surface area (Å²) in [6, 6.07) is 28.0. The topological polar surface area (TPSA) is 56.8 Å². The second-order valence-electron chi connectivity index (χ2n) is 7.98. The summed E-state index contributed by atoms with van der Waals surface area (Å²) in [5, 5.41) is 3.61. The first-order valence-electron chi connectivity index (χ1n) is 11.2. The van der Waals surface area contributed by atoms with E-state index in [1.807, 2.05) is 73.7 Å². The van der Waals surface area contributed by atoms with E-state index in [4.69, 9.17) is 25.8 Å². The molecule has 6 heteroatoms. The molecule has 0 unspecified atom stereocenters. The molecule has 4 aromatic carbocycles. The smallest absolute Gasteiger partial charge is 0.255 e. The normalized spacial score (nSPS) is 10.5. The highest BCUT2D eigenvalue weighted by Crippen LogP contribution is 2.26. The summed E-state index contributed by atoms with van der Waals surface area (Å²) in [6.45, 7) is 2.65. The number of nitrogens with one attached hydrogen (secondary N) is 1. The van der Waals surface area contributed by atoms with Crippen LogP contribution in [0.1, 0.15) is 27.0 Å². The molecule has 178 valence electrons. The lowest BCUT2D eigenvalue weighted by Gasteiger charge is -2.13. The summed E-state index contributed by atoms with van der Waals surface area (Å²) in [7, 11) is 1.59. The van der Waals surface area contributed by atoms with E-state index in [0.29, 0.717) is 34.4 Å². The molecule has 0 atom stereocenters. The minimum Gasteiger partial charge on any atom is -0.496 e. The number of rotatable bonds is 9. The summed E-state index contributed by atoms with van der Waals surface area (Å²) in [4.78, 5) is 12.9. The number of ether oxygens (including phenoxy) is 3. The van der Waals surface area contributed by atoms with Gasteiger partial charge in [-0.05, 0) is 78.7 Å². The van der Waals surface area contributed by atoms with Gasteiger partial charge in [-0.15, -0.1) is 0 Å². The van der Waals surface area contributed by atoms with Crippen LogP contribution in [0.4, 0.5) is 5.69 Å². The minimum atomic E-state index is -0.228. The van der Waals surface area contributed by atoms with Crippen molar-refractivity contribution in [3.05, 3.63) is 118 Å². The number of hydrogen-bond donors (Lipinski definition) is 1. The molecule has 0 fully saturated rings. The molecule has 4 aromatic rings. The van der Waals surface area contributed by atoms with Crippen LogP contribution in [0.25, 0.3) is 0 Å². The molecule has 0 radical (unpaired) electrons. The van der Waals surface area contributed by atoms with Crippen LogP contribution in [0.2, 0.25) is 5.02 Å². The second kappa shape index (κ2) is 11.4. The maximum Gasteiger partial charge on any atom is 0.255 e. The number of benzene rings is 4. The maximum atomic E-state index is 12.9. The number of anilines is 1. The van der Waals surface area contributed by atoms with Gasteiger partial charge in [0.25, 0.3) is 5.91 Å². The Morgan fingerprint density at radius 2 is 1.54 bits per heavy atom. The Morgan fingerprint density at radius 1 is 0.829 bits per heavy atom. The molecular formula is C29H26ClNO4. The van der Waals surface area contributed by atoms with Gasteiger partial charge in [-0.3, -0.25) is 4.79 Å². The molecule has 0 saturated carbocycles. The van der Waals surface area contributed by atoms with E-state index in [2.05, 4.69) is 5.32 Å². The zero-order valence-electron chi connectivity index (χ0n) is 19.6. The van der Waals surface area contributed by atoms with E-state index in [9.17, 15) is 4.79 Å². The Hall–Kier alpha value is -3.96. The number of methoxy groups -OCH3 is 1. The van der Waals surface area contributed by atoms with E-state index in [-0.39, 0.29) is 12.5 Å². The molecule has 0 bridgehead atoms. The molecule has 0 aliphatic carbocycles. The number of hydrogen-bond acceptors (Lipinski definition) is 4. The van der Waals surface area contributed by atoms with E-state index >= 15 is 0 Å². The van der Waals surface area contributed by atoms with Crippen LogP contribution in [-0.4, -0.2) is 13.0 Å². The minimum absolute atomic E-state index is 0.228. The van der Waals surface area contributed by atoms with Gasteiger partial charge < -0.3 is 19.5 Å². The Bertz CT molecular complexity index is 1290. The van der Waals surface area contributed by atoms with E-state index in [1.165, 1.54) is 0 Å². The number of carbonyl (C=O) groups excluding carboxylic acids is 1. The van der Waals surface area contributed by atoms with Gasteiger partial charge in [0.1, 0.15) is 30.5 Å². The average Bonchev–Trinajstić information content (AvgIpc) is 2.89. The predicted octanol–water partition coefficient (Wildman–Crippen LogP) is 7.07. The van der Waals surface area contributed by atoms with Crippen molar-refractivity contribution in [1.29, 1.82) is 0 Å². The zero-order chi connectivity index (χ0) is 24.6. The lowest BCUT2D eigenvalue weighted by molar-refractivity contribution is 0.102. The van der Waals surface area contributed by atoms with Gasteiger partial charge in [0.2, 0.25) is 0 Å². The van der Waals surface area contributed by atoms with Crippen LogP contribution >= 0.6 is 11.6 Å². The molecule has 1 N–H and O–H groups in total. The molecule has 0 aromatic heterocycles. The predicted molar refractivity (Wildman–Crippen MR) is 139 cm³/mol. The number of halogens is 1. The summed E-state index contributed by atoms with van der Waals surface area (Å²) in [6.07, 6.45) is 0. The van der Waals surface area contributed by atoms with Crippen molar-refractivity contribution in [2.75, 3.05) is 12.4 Å². The van der Waals surface area contributed by atoms with E-state index in [1.54, 1.807) is 31.4 Å². The largest absolute Gasteiger partial charge is 0.496 e. The third-order valence-corrected chi connectivity index (χ3v) is 5.85. The lowest BCUT2D eigenvalue weighted by atomic mass is 10.1. The summed E-state index contributed by atoms with van der Waals surface area (Å²) >= 11 is 6.09. The highest BCUT2D eigenvalue weighted by atomic mass is 35.5. The Morgan fingerprint density at radius 3 is 2.26 bits per heavy atom. The van der Waals surface area contributed by atoms with Gasteiger partial charge in [-0.2, -0.15) is 0 Å². The van der Waals surface area contributed by atoms with Gasteiger partial charge in [0.05, 0.1) is 7.11 Å². The van der Waals surface area contributed by atoms with Crippen LogP contribution in [-0.2, 0) is 13.2 Å². The summed E-state index contributed by atoms with van der Waals surface area (Å²) in [5.74, 6) is 1.84. The van der Waals surface area contributed by atoms with Crippen molar-refractivity contribution in [2.24, 2.45) is 0 Å². The van der Waals surface area contributed by atoms with Gasteiger partial charge in [0, 0.05) is 21.8 Å². The molecule has 4 rings (SSSR count). The molecule has 0 spiro atoms. The molecule has 35 heavy (non-hydrogen) atoms. The van der Waals surface area contributed by atoms with Crippen molar-refractivity contribution < 1.29 is 19.0 Å². The van der Waals surface area contributed by atoms with Gasteiger partial charge >= 0.3 is 0 Å². The van der Waals surface area contributed by atoms with Crippen molar-refractivity contribution in [3.8, 4) is 17.2 Å². The fraction of sp³-hybridized carbons (Fsp3) is 0.138. The SMILES string of the molecule is COc1ccc(C(=O)Nc2ccc(OCc3ccccc3)cc2)cc1COc1ccc(Cl)c(C)c1. The van der Waals surface area contributed by atoms with Crippen LogP contribution in [0, 0.1) is 6.92 Å². The highest BCUT2D eigenvalue weighted by molar-refractivity contribution is 6.31. The lowest BCUT2D eigenvalue weighted by Crippen LogP contribution is -2.13. The second-order valence-corrected chi connectivity index (χ2v) is 8.39. The van der Waals surface area contributed by atoms with Crippen LogP contribution < -0.4 is 19.5 Å². The molecule has 0 saturated heterocycles. The fourth-order valence-electron chi connectivity index (χ4n) is 3.48. The van der Waals surface area contributed by atoms with Gasteiger partial charge in [-0.25, -0.2) is 0 Å². The average molecular weight is 488 g/mol. The van der Waals surface area contributed by atoms with E-state index < -0.39 is 0 Å². The highest BCUT2D eigenvalue weighted by Gasteiger charge is 2.12. The Kier molecular flexibility index (Phi) is 7.91. The first-order chi connectivity index (χ1) is 17.0. The zero-order valence-corrected chi connectivity index (χ0v) is 20.3. The maximum absolute atomic E-state index is 12.9. The Balaban J connectivity index is 1.39. The van der Waals surface area contributed by atoms with Gasteiger partial charge in [-0.1, -0.05) is 41.9 Å². The quantitative estimate of drug-likeness (QED) is 0.274. The molecule has 0 heterocycles. The van der Waals surface area contributed by atoms with Crippen molar-refractivity contribution in [2.45, 2.75) is 20.1 Å². The van der Waals surface area contributed by atoms with Crippen LogP contribution in [0.3, 0.4) is 0 Å². The van der Waals surface area contributed by atoms with Crippen LogP contribution in [0.5, 0.6) is 17.2 Å². The van der Waals surface area contributed by atoms with Crippen molar-refractivity contribution in [1.82, 2.24) is 0 Å². The van der Waals surface area contributed by atoms with E-state index in [0.717, 1.165) is 22.4 Å². The third-order valence-electron chi connectivity index (χ3n) is 5.43. The number of carbonyl (C=O) groups is 1. The first kappa shape index (κ1) is 24.2. The Labute approximate surface area is 210 Å². The molecule has 0 aliphatic heterocycles. The first-order valence-corrected chi connectivity index (χ1v) is 11.5. The van der Waals surface area contributed by atoms with Gasteiger partial charge in [0.15, 0.2) is 0 Å². The molecular weight excluding hydrogens is 462 g/mol. The summed E-state index contributed by atoms with van der Waals surface area (Å²) < 4.78 is 17.2. The standard InChI is InChI=1S/C29H26ClNO4/c1-20-16-26(13-14-27(20)30)35-19-23-17-22(8-15-28(23)33-2)29(32)31-24-9-11-25(12-10-24)34-18-21-6-4-3-5-7-21/h3-17H,18-19H2,1-2H3,(H,31,32). The molecule has 1 amide bonds. The van der Waals surface area contributed by atoms with Crippen LogP contribution in [0.15, 0.2) is 91.0 Å². The van der Waals surface area contributed by atoms with Crippen molar-refractivity contribution in [3.63, 3.8) is 0 Å². The number of aryl methyl sites for hydroxylation is 1.